The average molecular weight is 303 g/mol. The molecule has 20 heavy (non-hydrogen) atoms. The highest BCUT2D eigenvalue weighted by molar-refractivity contribution is 6.23. The van der Waals surface area contributed by atoms with Crippen molar-refractivity contribution in [3.8, 4) is 0 Å². The van der Waals surface area contributed by atoms with E-state index in [0.29, 0.717) is 6.04 Å². The molecule has 1 aliphatic heterocycles. The van der Waals surface area contributed by atoms with Crippen LogP contribution in [0.25, 0.3) is 0 Å². The van der Waals surface area contributed by atoms with Crippen molar-refractivity contribution in [2.24, 2.45) is 0 Å². The van der Waals surface area contributed by atoms with E-state index in [2.05, 4.69) is 24.5 Å². The van der Waals surface area contributed by atoms with E-state index in [1.54, 1.807) is 0 Å². The monoisotopic (exact) mass is 302 g/mol. The van der Waals surface area contributed by atoms with Crippen LogP contribution in [0.4, 0.5) is 0 Å². The normalized spacial score (nSPS) is 19.9. The van der Waals surface area contributed by atoms with Crippen molar-refractivity contribution in [3.63, 3.8) is 0 Å². The summed E-state index contributed by atoms with van der Waals surface area (Å²) in [7, 11) is 0. The number of hydrogen-bond donors (Lipinski definition) is 2. The van der Waals surface area contributed by atoms with Crippen LogP contribution in [0.3, 0.4) is 0 Å². The Labute approximate surface area is 131 Å². The minimum absolute atomic E-state index is 0.146. The fraction of sp³-hybridized carbons (Fsp3) is 1.00. The Morgan fingerprint density at radius 1 is 0.950 bits per heavy atom. The summed E-state index contributed by atoms with van der Waals surface area (Å²) in [6.07, 6.45) is 14.1. The number of unbranched alkanes of at least 4 members (excludes halogenated alkanes) is 5. The molecule has 120 valence electrons. The zero-order chi connectivity index (χ0) is 14.7. The van der Waals surface area contributed by atoms with Crippen LogP contribution >= 0.6 is 11.6 Å². The van der Waals surface area contributed by atoms with Gasteiger partial charge in [0.1, 0.15) is 0 Å². The predicted octanol–water partition coefficient (Wildman–Crippen LogP) is 4.81. The first-order valence-electron chi connectivity index (χ1n) is 8.87. The van der Waals surface area contributed by atoms with E-state index in [0.717, 1.165) is 25.9 Å². The number of piperidine rings is 1. The summed E-state index contributed by atoms with van der Waals surface area (Å²) >= 11 is 6.76. The third-order valence-corrected chi connectivity index (χ3v) is 4.91. The van der Waals surface area contributed by atoms with Crippen molar-refractivity contribution in [1.29, 1.82) is 0 Å². The smallest absolute Gasteiger partial charge is 0.0962 e. The second-order valence-corrected chi connectivity index (χ2v) is 7.13. The number of hydrogen-bond acceptors (Lipinski definition) is 2. The maximum absolute atomic E-state index is 6.76. The number of nitrogens with one attached hydrogen (secondary N) is 2. The molecule has 2 N–H and O–H groups in total. The summed E-state index contributed by atoms with van der Waals surface area (Å²) in [6.45, 7) is 6.65. The van der Waals surface area contributed by atoms with E-state index in [4.69, 9.17) is 11.6 Å². The fourth-order valence-electron chi connectivity index (χ4n) is 3.07. The highest BCUT2D eigenvalue weighted by Crippen LogP contribution is 2.26. The highest BCUT2D eigenvalue weighted by Gasteiger charge is 2.31. The summed E-state index contributed by atoms with van der Waals surface area (Å²) < 4.78 is 0. The van der Waals surface area contributed by atoms with Crippen LogP contribution in [0.1, 0.15) is 84.5 Å². The second kappa shape index (κ2) is 10.9. The first kappa shape index (κ1) is 18.3. The molecule has 0 bridgehead atoms. The number of alkyl halides is 1. The molecule has 0 aliphatic carbocycles. The maximum Gasteiger partial charge on any atom is 0.0962 e. The molecule has 3 heteroatoms. The number of rotatable bonds is 11. The fourth-order valence-corrected chi connectivity index (χ4v) is 3.41. The van der Waals surface area contributed by atoms with Gasteiger partial charge in [-0.05, 0) is 38.8 Å². The average Bonchev–Trinajstić information content (AvgIpc) is 2.44. The first-order valence-corrected chi connectivity index (χ1v) is 9.25. The quantitative estimate of drug-likeness (QED) is 0.325. The Morgan fingerprint density at radius 3 is 2.20 bits per heavy atom. The van der Waals surface area contributed by atoms with Crippen molar-refractivity contribution in [1.82, 2.24) is 10.6 Å². The minimum Gasteiger partial charge on any atom is -0.316 e. The standard InChI is InChI=1S/C17H35ClN2/c1-3-5-7-8-9-11-16(10-6-4-2)20-17(18)12-14-19-15-13-17/h16,19-20H,3-15H2,1-2H3. The van der Waals surface area contributed by atoms with Gasteiger partial charge in [0, 0.05) is 6.04 Å². The number of halogens is 1. The third-order valence-electron chi connectivity index (χ3n) is 4.42. The van der Waals surface area contributed by atoms with Crippen molar-refractivity contribution in [3.05, 3.63) is 0 Å². The van der Waals surface area contributed by atoms with Crippen LogP contribution in [0, 0.1) is 0 Å². The molecule has 0 radical (unpaired) electrons. The second-order valence-electron chi connectivity index (χ2n) is 6.40. The minimum atomic E-state index is -0.146. The van der Waals surface area contributed by atoms with Gasteiger partial charge in [0.2, 0.25) is 0 Å². The summed E-state index contributed by atoms with van der Waals surface area (Å²) in [5, 5.41) is 7.18. The molecule has 0 aromatic carbocycles. The van der Waals surface area contributed by atoms with E-state index >= 15 is 0 Å². The van der Waals surface area contributed by atoms with E-state index in [1.165, 1.54) is 57.8 Å². The summed E-state index contributed by atoms with van der Waals surface area (Å²) in [6, 6.07) is 0.618. The summed E-state index contributed by atoms with van der Waals surface area (Å²) in [5.41, 5.74) is 0. The Balaban J connectivity index is 2.30. The molecule has 1 unspecified atom stereocenters. The van der Waals surface area contributed by atoms with E-state index in [-0.39, 0.29) is 5.00 Å². The van der Waals surface area contributed by atoms with E-state index < -0.39 is 0 Å². The topological polar surface area (TPSA) is 24.1 Å². The lowest BCUT2D eigenvalue weighted by Gasteiger charge is -2.36. The lowest BCUT2D eigenvalue weighted by molar-refractivity contribution is 0.284. The van der Waals surface area contributed by atoms with Crippen LogP contribution in [0.2, 0.25) is 0 Å². The van der Waals surface area contributed by atoms with Crippen molar-refractivity contribution in [2.45, 2.75) is 95.5 Å². The van der Waals surface area contributed by atoms with Crippen molar-refractivity contribution in [2.75, 3.05) is 13.1 Å². The van der Waals surface area contributed by atoms with Gasteiger partial charge < -0.3 is 5.32 Å². The molecule has 2 nitrogen and oxygen atoms in total. The molecular weight excluding hydrogens is 268 g/mol. The van der Waals surface area contributed by atoms with Gasteiger partial charge >= 0.3 is 0 Å². The zero-order valence-corrected chi connectivity index (χ0v) is 14.4. The summed E-state index contributed by atoms with van der Waals surface area (Å²) in [4.78, 5) is -0.146. The van der Waals surface area contributed by atoms with Gasteiger partial charge in [0.25, 0.3) is 0 Å². The van der Waals surface area contributed by atoms with Gasteiger partial charge in [-0.25, -0.2) is 0 Å². The van der Waals surface area contributed by atoms with Gasteiger partial charge in [-0.3, -0.25) is 5.32 Å². The molecule has 1 saturated heterocycles. The van der Waals surface area contributed by atoms with Crippen LogP contribution in [-0.2, 0) is 0 Å². The Morgan fingerprint density at radius 2 is 1.55 bits per heavy atom. The molecule has 1 fully saturated rings. The lowest BCUT2D eigenvalue weighted by atomic mass is 9.98. The first-order chi connectivity index (χ1) is 9.70. The van der Waals surface area contributed by atoms with Gasteiger partial charge in [0.15, 0.2) is 0 Å². The molecule has 1 aliphatic rings. The predicted molar refractivity (Wildman–Crippen MR) is 90.5 cm³/mol. The van der Waals surface area contributed by atoms with Crippen LogP contribution < -0.4 is 10.6 Å². The Bertz CT molecular complexity index is 227. The molecule has 0 spiro atoms. The molecule has 1 heterocycles. The molecule has 1 atom stereocenters. The van der Waals surface area contributed by atoms with Crippen LogP contribution in [0.15, 0.2) is 0 Å². The van der Waals surface area contributed by atoms with Gasteiger partial charge in [0.05, 0.1) is 5.00 Å². The third kappa shape index (κ3) is 7.85. The van der Waals surface area contributed by atoms with Gasteiger partial charge in [-0.1, -0.05) is 58.8 Å². The molecule has 0 amide bonds. The van der Waals surface area contributed by atoms with Gasteiger partial charge in [-0.2, -0.15) is 0 Å². The molecule has 0 saturated carbocycles. The lowest BCUT2D eigenvalue weighted by Crippen LogP contribution is -2.52. The Kier molecular flexibility index (Phi) is 9.92. The van der Waals surface area contributed by atoms with Gasteiger partial charge in [-0.15, -0.1) is 11.6 Å². The zero-order valence-electron chi connectivity index (χ0n) is 13.6. The maximum atomic E-state index is 6.76. The van der Waals surface area contributed by atoms with Crippen LogP contribution in [-0.4, -0.2) is 24.1 Å². The van der Waals surface area contributed by atoms with Crippen molar-refractivity contribution >= 4 is 11.6 Å². The van der Waals surface area contributed by atoms with E-state index in [9.17, 15) is 0 Å². The molecular formula is C17H35ClN2. The SMILES string of the molecule is CCCCCCCC(CCCC)NC1(Cl)CCNCC1. The Hall–Kier alpha value is 0.210. The highest BCUT2D eigenvalue weighted by atomic mass is 35.5. The largest absolute Gasteiger partial charge is 0.316 e. The van der Waals surface area contributed by atoms with E-state index in [1.807, 2.05) is 0 Å². The molecule has 0 aromatic heterocycles. The van der Waals surface area contributed by atoms with Crippen LogP contribution in [0.5, 0.6) is 0 Å². The molecule has 1 rings (SSSR count). The van der Waals surface area contributed by atoms with Crippen molar-refractivity contribution < 1.29 is 0 Å². The molecule has 0 aromatic rings. The summed E-state index contributed by atoms with van der Waals surface area (Å²) in [5.74, 6) is 0.